The standard InChI is InChI=1S/C11H10BrCl2NS2/c1-6(8-4-10(13)17-11(8)14)15-5-7-2-3-9(12)16-7/h2-4,6,15H,5H2,1H3. The van der Waals surface area contributed by atoms with Crippen LogP contribution in [-0.2, 0) is 6.54 Å². The molecule has 0 saturated carbocycles. The Hall–Kier alpha value is 0.420. The summed E-state index contributed by atoms with van der Waals surface area (Å²) in [5.41, 5.74) is 1.07. The Morgan fingerprint density at radius 3 is 2.65 bits per heavy atom. The number of rotatable bonds is 4. The SMILES string of the molecule is CC(NCc1ccc(Br)s1)c1cc(Cl)sc1Cl. The van der Waals surface area contributed by atoms with E-state index in [-0.39, 0.29) is 6.04 Å². The molecule has 0 aliphatic carbocycles. The molecule has 2 aromatic heterocycles. The van der Waals surface area contributed by atoms with Crippen molar-refractivity contribution in [3.05, 3.63) is 41.1 Å². The summed E-state index contributed by atoms with van der Waals surface area (Å²) in [4.78, 5) is 1.29. The molecule has 0 spiro atoms. The molecule has 1 atom stereocenters. The normalized spacial score (nSPS) is 12.9. The lowest BCUT2D eigenvalue weighted by Crippen LogP contribution is -2.17. The van der Waals surface area contributed by atoms with Crippen LogP contribution in [-0.4, -0.2) is 0 Å². The van der Waals surface area contributed by atoms with Gasteiger partial charge in [0.1, 0.15) is 0 Å². The fraction of sp³-hybridized carbons (Fsp3) is 0.273. The lowest BCUT2D eigenvalue weighted by molar-refractivity contribution is 0.580. The Bertz CT molecular complexity index is 509. The van der Waals surface area contributed by atoms with Gasteiger partial charge < -0.3 is 5.32 Å². The van der Waals surface area contributed by atoms with E-state index in [1.807, 2.05) is 6.07 Å². The molecule has 0 aliphatic rings. The highest BCUT2D eigenvalue weighted by atomic mass is 79.9. The summed E-state index contributed by atoms with van der Waals surface area (Å²) in [5.74, 6) is 0. The fourth-order valence-electron chi connectivity index (χ4n) is 1.46. The quantitative estimate of drug-likeness (QED) is 0.724. The smallest absolute Gasteiger partial charge is 0.0991 e. The highest BCUT2D eigenvalue weighted by Gasteiger charge is 2.13. The first-order chi connectivity index (χ1) is 8.06. The number of thiophene rings is 2. The van der Waals surface area contributed by atoms with Crippen LogP contribution in [0.25, 0.3) is 0 Å². The highest BCUT2D eigenvalue weighted by Crippen LogP contribution is 2.35. The maximum atomic E-state index is 6.11. The van der Waals surface area contributed by atoms with Gasteiger partial charge in [-0.3, -0.25) is 0 Å². The average molecular weight is 371 g/mol. The summed E-state index contributed by atoms with van der Waals surface area (Å²) in [5, 5.41) is 3.44. The maximum Gasteiger partial charge on any atom is 0.0991 e. The number of halogens is 3. The van der Waals surface area contributed by atoms with E-state index in [2.05, 4.69) is 40.3 Å². The first-order valence-corrected chi connectivity index (χ1v) is 8.17. The molecule has 1 unspecified atom stereocenters. The average Bonchev–Trinajstić information content (AvgIpc) is 2.81. The fourth-order valence-corrected chi connectivity index (χ4v) is 4.54. The lowest BCUT2D eigenvalue weighted by atomic mass is 10.2. The van der Waals surface area contributed by atoms with Crippen LogP contribution >= 0.6 is 61.8 Å². The maximum absolute atomic E-state index is 6.11. The molecule has 2 aromatic rings. The third-order valence-electron chi connectivity index (χ3n) is 2.36. The summed E-state index contributed by atoms with van der Waals surface area (Å²) in [6, 6.07) is 6.29. The third kappa shape index (κ3) is 3.69. The minimum atomic E-state index is 0.201. The number of hydrogen-bond donors (Lipinski definition) is 1. The predicted molar refractivity (Wildman–Crippen MR) is 81.6 cm³/mol. The number of hydrogen-bond acceptors (Lipinski definition) is 3. The monoisotopic (exact) mass is 369 g/mol. The molecule has 1 nitrogen and oxygen atoms in total. The Balaban J connectivity index is 1.97. The second kappa shape index (κ2) is 6.04. The number of nitrogens with one attached hydrogen (secondary N) is 1. The van der Waals surface area contributed by atoms with E-state index in [0.717, 1.165) is 24.6 Å². The molecule has 0 saturated heterocycles. The van der Waals surface area contributed by atoms with Gasteiger partial charge in [0, 0.05) is 17.5 Å². The van der Waals surface area contributed by atoms with E-state index in [4.69, 9.17) is 23.2 Å². The van der Waals surface area contributed by atoms with Gasteiger partial charge in [0.05, 0.1) is 12.5 Å². The first kappa shape index (κ1) is 13.8. The van der Waals surface area contributed by atoms with Crippen molar-refractivity contribution in [2.24, 2.45) is 0 Å². The molecule has 92 valence electrons. The minimum Gasteiger partial charge on any atom is -0.305 e. The molecule has 2 heterocycles. The van der Waals surface area contributed by atoms with Crippen LogP contribution in [0.3, 0.4) is 0 Å². The van der Waals surface area contributed by atoms with Gasteiger partial charge in [0.25, 0.3) is 0 Å². The molecule has 1 N–H and O–H groups in total. The Labute approximate surface area is 127 Å². The van der Waals surface area contributed by atoms with E-state index in [9.17, 15) is 0 Å². The highest BCUT2D eigenvalue weighted by molar-refractivity contribution is 9.11. The van der Waals surface area contributed by atoms with Crippen LogP contribution in [0.5, 0.6) is 0 Å². The molecule has 0 radical (unpaired) electrons. The summed E-state index contributed by atoms with van der Waals surface area (Å²) in [7, 11) is 0. The topological polar surface area (TPSA) is 12.0 Å². The van der Waals surface area contributed by atoms with Crippen LogP contribution in [0, 0.1) is 0 Å². The zero-order chi connectivity index (χ0) is 12.4. The van der Waals surface area contributed by atoms with Crippen LogP contribution in [0.1, 0.15) is 23.4 Å². The van der Waals surface area contributed by atoms with Gasteiger partial charge in [-0.05, 0) is 46.6 Å². The van der Waals surface area contributed by atoms with Gasteiger partial charge in [-0.2, -0.15) is 0 Å². The van der Waals surface area contributed by atoms with Gasteiger partial charge in [0.2, 0.25) is 0 Å². The Morgan fingerprint density at radius 1 is 1.35 bits per heavy atom. The first-order valence-electron chi connectivity index (χ1n) is 4.98. The third-order valence-corrected chi connectivity index (χ3v) is 5.50. The molecule has 0 aromatic carbocycles. The van der Waals surface area contributed by atoms with Crippen LogP contribution in [0.2, 0.25) is 8.67 Å². The van der Waals surface area contributed by atoms with Gasteiger partial charge >= 0.3 is 0 Å². The molecule has 17 heavy (non-hydrogen) atoms. The van der Waals surface area contributed by atoms with Crippen molar-refractivity contribution in [2.45, 2.75) is 19.5 Å². The van der Waals surface area contributed by atoms with Crippen molar-refractivity contribution in [3.8, 4) is 0 Å². The largest absolute Gasteiger partial charge is 0.305 e. The summed E-state index contributed by atoms with van der Waals surface area (Å²) in [6.45, 7) is 2.92. The van der Waals surface area contributed by atoms with Crippen molar-refractivity contribution >= 4 is 61.8 Å². The van der Waals surface area contributed by atoms with Crippen LogP contribution in [0.4, 0.5) is 0 Å². The molecule has 0 fully saturated rings. The van der Waals surface area contributed by atoms with E-state index in [1.54, 1.807) is 11.3 Å². The minimum absolute atomic E-state index is 0.201. The van der Waals surface area contributed by atoms with Gasteiger partial charge in [-0.25, -0.2) is 0 Å². The molecular weight excluding hydrogens is 361 g/mol. The van der Waals surface area contributed by atoms with E-state index in [0.29, 0.717) is 0 Å². The molecule has 0 aliphatic heterocycles. The van der Waals surface area contributed by atoms with Crippen molar-refractivity contribution in [1.29, 1.82) is 0 Å². The predicted octanol–water partition coefficient (Wildman–Crippen LogP) is 5.73. The van der Waals surface area contributed by atoms with Crippen molar-refractivity contribution in [3.63, 3.8) is 0 Å². The second-order valence-corrected chi connectivity index (χ2v) is 8.42. The zero-order valence-electron chi connectivity index (χ0n) is 8.97. The van der Waals surface area contributed by atoms with Crippen molar-refractivity contribution < 1.29 is 0 Å². The van der Waals surface area contributed by atoms with Gasteiger partial charge in [-0.1, -0.05) is 23.2 Å². The molecular formula is C11H10BrCl2NS2. The van der Waals surface area contributed by atoms with Gasteiger partial charge in [0.15, 0.2) is 0 Å². The van der Waals surface area contributed by atoms with Crippen LogP contribution < -0.4 is 5.32 Å². The van der Waals surface area contributed by atoms with E-state index in [1.165, 1.54) is 16.2 Å². The molecule has 2 rings (SSSR count). The van der Waals surface area contributed by atoms with Crippen molar-refractivity contribution in [1.82, 2.24) is 5.32 Å². The summed E-state index contributed by atoms with van der Waals surface area (Å²) in [6.07, 6.45) is 0. The molecule has 0 amide bonds. The Kier molecular flexibility index (Phi) is 4.92. The summed E-state index contributed by atoms with van der Waals surface area (Å²) < 4.78 is 2.65. The molecule has 0 bridgehead atoms. The van der Waals surface area contributed by atoms with E-state index < -0.39 is 0 Å². The van der Waals surface area contributed by atoms with E-state index >= 15 is 0 Å². The van der Waals surface area contributed by atoms with Crippen LogP contribution in [0.15, 0.2) is 22.0 Å². The summed E-state index contributed by atoms with van der Waals surface area (Å²) >= 11 is 18.6. The molecule has 6 heteroatoms. The van der Waals surface area contributed by atoms with Gasteiger partial charge in [-0.15, -0.1) is 22.7 Å². The Morgan fingerprint density at radius 2 is 2.12 bits per heavy atom. The lowest BCUT2D eigenvalue weighted by Gasteiger charge is -2.12. The second-order valence-electron chi connectivity index (χ2n) is 3.59. The zero-order valence-corrected chi connectivity index (χ0v) is 13.7. The van der Waals surface area contributed by atoms with Crippen molar-refractivity contribution in [2.75, 3.05) is 0 Å².